The van der Waals surface area contributed by atoms with Gasteiger partial charge < -0.3 is 24.2 Å². The SMILES string of the molecule is CN(C(=O)c1ccc2nonc2c1)C1CCN(C(=O)OC(C)(C)C)CC1.O=C(c1ccc2nonc2c1)N(CC(F)(F)F)C1CCOCC1. The van der Waals surface area contributed by atoms with Crippen molar-refractivity contribution in [3.8, 4) is 0 Å². The van der Waals surface area contributed by atoms with E-state index in [1.165, 1.54) is 18.2 Å². The summed E-state index contributed by atoms with van der Waals surface area (Å²) in [6, 6.07) is 9.01. The average Bonchev–Trinajstić information content (AvgIpc) is 3.75. The van der Waals surface area contributed by atoms with E-state index < -0.39 is 30.3 Å². The first kappa shape index (κ1) is 35.5. The van der Waals surface area contributed by atoms with Crippen LogP contribution in [0, 0.1) is 0 Å². The number of alkyl halides is 3. The maximum atomic E-state index is 12.9. The molecule has 0 atom stereocenters. The third-order valence-corrected chi connectivity index (χ3v) is 8.23. The summed E-state index contributed by atoms with van der Waals surface area (Å²) in [7, 11) is 1.79. The number of hydrogen-bond acceptors (Lipinski definition) is 11. The summed E-state index contributed by atoms with van der Waals surface area (Å²) < 4.78 is 58.4. The van der Waals surface area contributed by atoms with Crippen molar-refractivity contribution < 1.29 is 46.3 Å². The van der Waals surface area contributed by atoms with Crippen LogP contribution in [0.25, 0.3) is 22.1 Å². The number of benzene rings is 2. The molecule has 2 aliphatic rings. The van der Waals surface area contributed by atoms with Crippen molar-refractivity contribution in [1.29, 1.82) is 0 Å². The molecule has 2 saturated heterocycles. The molecular weight excluding hydrogens is 651 g/mol. The van der Waals surface area contributed by atoms with Crippen LogP contribution in [-0.4, -0.2) is 117 Å². The highest BCUT2D eigenvalue weighted by molar-refractivity contribution is 5.98. The van der Waals surface area contributed by atoms with E-state index in [2.05, 4.69) is 29.9 Å². The molecule has 4 aromatic rings. The molecule has 2 fully saturated rings. The largest absolute Gasteiger partial charge is 0.444 e. The third-order valence-electron chi connectivity index (χ3n) is 8.23. The fourth-order valence-electron chi connectivity index (χ4n) is 5.68. The number of carbonyl (C=O) groups excluding carboxylic acids is 3. The van der Waals surface area contributed by atoms with E-state index in [1.807, 2.05) is 20.8 Å². The average molecular weight is 690 g/mol. The van der Waals surface area contributed by atoms with Gasteiger partial charge in [-0.25, -0.2) is 14.1 Å². The number of aromatic nitrogens is 4. The predicted molar refractivity (Wildman–Crippen MR) is 167 cm³/mol. The van der Waals surface area contributed by atoms with Crippen LogP contribution in [0.15, 0.2) is 45.7 Å². The number of amides is 3. The zero-order chi connectivity index (χ0) is 35.3. The smallest absolute Gasteiger partial charge is 0.410 e. The number of halogens is 3. The molecule has 264 valence electrons. The van der Waals surface area contributed by atoms with Crippen molar-refractivity contribution in [1.82, 2.24) is 35.3 Å². The van der Waals surface area contributed by atoms with Gasteiger partial charge in [0.15, 0.2) is 0 Å². The van der Waals surface area contributed by atoms with Gasteiger partial charge in [0, 0.05) is 56.6 Å². The van der Waals surface area contributed by atoms with Crippen LogP contribution >= 0.6 is 0 Å². The molecule has 17 heteroatoms. The Balaban J connectivity index is 0.000000192. The van der Waals surface area contributed by atoms with Crippen molar-refractivity contribution in [2.45, 2.75) is 70.3 Å². The van der Waals surface area contributed by atoms with Crippen molar-refractivity contribution in [3.63, 3.8) is 0 Å². The van der Waals surface area contributed by atoms with Gasteiger partial charge in [0.25, 0.3) is 11.8 Å². The summed E-state index contributed by atoms with van der Waals surface area (Å²) in [5.74, 6) is -0.759. The van der Waals surface area contributed by atoms with E-state index in [0.29, 0.717) is 66.8 Å². The molecule has 2 aliphatic heterocycles. The van der Waals surface area contributed by atoms with Gasteiger partial charge in [-0.1, -0.05) is 0 Å². The Bertz CT molecular complexity index is 1760. The highest BCUT2D eigenvalue weighted by Gasteiger charge is 2.37. The number of likely N-dealkylation sites (tertiary alicyclic amines) is 1. The number of hydrogen-bond donors (Lipinski definition) is 0. The van der Waals surface area contributed by atoms with Gasteiger partial charge in [-0.3, -0.25) is 9.59 Å². The Morgan fingerprint density at radius 3 is 1.82 bits per heavy atom. The molecule has 0 saturated carbocycles. The minimum Gasteiger partial charge on any atom is -0.444 e. The van der Waals surface area contributed by atoms with Gasteiger partial charge in [-0.05, 0) is 103 Å². The standard InChI is InChI=1S/C18H24N4O4.C14H14F3N3O3/c1-18(2,3)25-17(24)22-9-7-13(8-10-22)21(4)16(23)12-5-6-14-15(11-12)20-26-19-14;15-14(16,17)8-20(10-3-5-22-6-4-10)13(21)9-1-2-11-12(7-9)19-23-18-11/h5-6,11,13H,7-10H2,1-4H3;1-2,7,10H,3-6,8H2. The Kier molecular flexibility index (Phi) is 10.7. The summed E-state index contributed by atoms with van der Waals surface area (Å²) >= 11 is 0. The Hall–Kier alpha value is -4.80. The highest BCUT2D eigenvalue weighted by Crippen LogP contribution is 2.25. The molecule has 0 aliphatic carbocycles. The molecule has 2 aromatic carbocycles. The molecule has 14 nitrogen and oxygen atoms in total. The van der Waals surface area contributed by atoms with E-state index in [0.717, 1.165) is 17.7 Å². The lowest BCUT2D eigenvalue weighted by Crippen LogP contribution is -2.48. The third kappa shape index (κ3) is 9.22. The normalized spacial score (nSPS) is 16.3. The zero-order valence-corrected chi connectivity index (χ0v) is 27.6. The molecule has 0 spiro atoms. The van der Waals surface area contributed by atoms with Crippen LogP contribution < -0.4 is 0 Å². The van der Waals surface area contributed by atoms with Crippen molar-refractivity contribution in [2.24, 2.45) is 0 Å². The molecule has 0 N–H and O–H groups in total. The molecule has 0 radical (unpaired) electrons. The van der Waals surface area contributed by atoms with Gasteiger partial charge in [-0.2, -0.15) is 13.2 Å². The molecule has 49 heavy (non-hydrogen) atoms. The van der Waals surface area contributed by atoms with E-state index in [9.17, 15) is 27.6 Å². The lowest BCUT2D eigenvalue weighted by Gasteiger charge is -2.37. The van der Waals surface area contributed by atoms with Crippen LogP contribution in [0.5, 0.6) is 0 Å². The topological polar surface area (TPSA) is 157 Å². The number of piperidine rings is 1. The second-order valence-electron chi connectivity index (χ2n) is 12.9. The van der Waals surface area contributed by atoms with Crippen molar-refractivity contribution >= 4 is 40.0 Å². The maximum absolute atomic E-state index is 12.9. The number of nitrogens with zero attached hydrogens (tertiary/aromatic N) is 7. The van der Waals surface area contributed by atoms with Gasteiger partial charge in [0.05, 0.1) is 0 Å². The van der Waals surface area contributed by atoms with E-state index in [4.69, 9.17) is 9.47 Å². The first-order valence-electron chi connectivity index (χ1n) is 15.8. The quantitative estimate of drug-likeness (QED) is 0.275. The van der Waals surface area contributed by atoms with Gasteiger partial charge >= 0.3 is 12.3 Å². The molecule has 4 heterocycles. The molecular formula is C32H38F3N7O7. The summed E-state index contributed by atoms with van der Waals surface area (Å²) in [5.41, 5.74) is 2.12. The summed E-state index contributed by atoms with van der Waals surface area (Å²) in [4.78, 5) is 41.8. The molecule has 2 aromatic heterocycles. The van der Waals surface area contributed by atoms with Crippen LogP contribution in [-0.2, 0) is 9.47 Å². The van der Waals surface area contributed by atoms with Gasteiger partial charge in [0.2, 0.25) is 0 Å². The second-order valence-corrected chi connectivity index (χ2v) is 12.9. The van der Waals surface area contributed by atoms with Crippen LogP contribution in [0.2, 0.25) is 0 Å². The zero-order valence-electron chi connectivity index (χ0n) is 27.6. The van der Waals surface area contributed by atoms with Gasteiger partial charge in [0.1, 0.15) is 34.2 Å². The number of carbonyl (C=O) groups is 3. The Labute approximate surface area is 279 Å². The molecule has 3 amide bonds. The Morgan fingerprint density at radius 2 is 1.31 bits per heavy atom. The van der Waals surface area contributed by atoms with Crippen molar-refractivity contribution in [3.05, 3.63) is 47.5 Å². The maximum Gasteiger partial charge on any atom is 0.410 e. The minimum absolute atomic E-state index is 0.0762. The lowest BCUT2D eigenvalue weighted by molar-refractivity contribution is -0.147. The fraction of sp³-hybridized carbons (Fsp3) is 0.531. The molecule has 0 unspecified atom stereocenters. The lowest BCUT2D eigenvalue weighted by atomic mass is 10.0. The Morgan fingerprint density at radius 1 is 0.796 bits per heavy atom. The predicted octanol–water partition coefficient (Wildman–Crippen LogP) is 5.10. The van der Waals surface area contributed by atoms with E-state index >= 15 is 0 Å². The number of rotatable bonds is 5. The molecule has 6 rings (SSSR count). The fourth-order valence-corrected chi connectivity index (χ4v) is 5.68. The highest BCUT2D eigenvalue weighted by atomic mass is 19.4. The van der Waals surface area contributed by atoms with Crippen molar-refractivity contribution in [2.75, 3.05) is 39.9 Å². The summed E-state index contributed by atoms with van der Waals surface area (Å²) in [5, 5.41) is 14.7. The van der Waals surface area contributed by atoms with Crippen LogP contribution in [0.3, 0.4) is 0 Å². The number of fused-ring (bicyclic) bond motifs is 2. The van der Waals surface area contributed by atoms with Crippen LogP contribution in [0.4, 0.5) is 18.0 Å². The first-order chi connectivity index (χ1) is 23.2. The minimum atomic E-state index is -4.46. The number of ether oxygens (including phenoxy) is 2. The van der Waals surface area contributed by atoms with E-state index in [-0.39, 0.29) is 23.6 Å². The second kappa shape index (κ2) is 14.8. The van der Waals surface area contributed by atoms with Gasteiger partial charge in [-0.15, -0.1) is 0 Å². The van der Waals surface area contributed by atoms with Crippen LogP contribution in [0.1, 0.15) is 67.2 Å². The summed E-state index contributed by atoms with van der Waals surface area (Å²) in [6.45, 7) is 6.11. The summed E-state index contributed by atoms with van der Waals surface area (Å²) in [6.07, 6.45) is -2.56. The van der Waals surface area contributed by atoms with E-state index in [1.54, 1.807) is 35.0 Å². The monoisotopic (exact) mass is 689 g/mol. The first-order valence-corrected chi connectivity index (χ1v) is 15.8. The molecule has 0 bridgehead atoms.